The van der Waals surface area contributed by atoms with Gasteiger partial charge in [-0.2, -0.15) is 0 Å². The van der Waals surface area contributed by atoms with Gasteiger partial charge < -0.3 is 9.84 Å². The predicted molar refractivity (Wildman–Crippen MR) is 79.0 cm³/mol. The zero-order valence-electron chi connectivity index (χ0n) is 12.0. The highest BCUT2D eigenvalue weighted by Crippen LogP contribution is 2.23. The third kappa shape index (κ3) is 3.41. The van der Waals surface area contributed by atoms with Gasteiger partial charge in [0.15, 0.2) is 0 Å². The lowest BCUT2D eigenvalue weighted by Crippen LogP contribution is -2.27. The Morgan fingerprint density at radius 2 is 2.05 bits per heavy atom. The van der Waals surface area contributed by atoms with E-state index in [0.29, 0.717) is 11.6 Å². The fourth-order valence-corrected chi connectivity index (χ4v) is 3.24. The molecule has 1 unspecified atom stereocenters. The summed E-state index contributed by atoms with van der Waals surface area (Å²) in [5, 5.41) is 0. The zero-order valence-corrected chi connectivity index (χ0v) is 12.9. The van der Waals surface area contributed by atoms with Crippen molar-refractivity contribution in [2.24, 2.45) is 5.84 Å². The standard InChI is InChI=1S/C13H18N4O3S/c1-8-6-12(10(3)20-8)9(2)17-21(18,19)11-4-5-13(16-14)15-7-11/h4-7,9,17H,14H2,1-3H3,(H,15,16). The van der Waals surface area contributed by atoms with Gasteiger partial charge >= 0.3 is 0 Å². The Hall–Kier alpha value is -1.90. The van der Waals surface area contributed by atoms with E-state index in [1.165, 1.54) is 18.3 Å². The third-order valence-corrected chi connectivity index (χ3v) is 4.60. The molecule has 21 heavy (non-hydrogen) atoms. The van der Waals surface area contributed by atoms with Crippen molar-refractivity contribution < 1.29 is 12.8 Å². The van der Waals surface area contributed by atoms with E-state index in [-0.39, 0.29) is 4.90 Å². The average molecular weight is 310 g/mol. The first-order chi connectivity index (χ1) is 9.83. The van der Waals surface area contributed by atoms with Crippen molar-refractivity contribution >= 4 is 15.8 Å². The molecule has 2 heterocycles. The first-order valence-corrected chi connectivity index (χ1v) is 7.83. The summed E-state index contributed by atoms with van der Waals surface area (Å²) in [4.78, 5) is 3.97. The lowest BCUT2D eigenvalue weighted by Gasteiger charge is -2.13. The summed E-state index contributed by atoms with van der Waals surface area (Å²) < 4.78 is 32.6. The Balaban J connectivity index is 2.22. The van der Waals surface area contributed by atoms with E-state index in [2.05, 4.69) is 15.1 Å². The lowest BCUT2D eigenvalue weighted by molar-refractivity contribution is 0.496. The van der Waals surface area contributed by atoms with Crippen LogP contribution >= 0.6 is 0 Å². The van der Waals surface area contributed by atoms with Gasteiger partial charge in [-0.25, -0.2) is 24.0 Å². The van der Waals surface area contributed by atoms with Crippen LogP contribution in [0.4, 0.5) is 5.82 Å². The van der Waals surface area contributed by atoms with E-state index in [1.807, 2.05) is 13.0 Å². The molecule has 2 rings (SSSR count). The van der Waals surface area contributed by atoms with Gasteiger partial charge in [0.05, 0.1) is 0 Å². The van der Waals surface area contributed by atoms with Crippen LogP contribution in [-0.2, 0) is 10.0 Å². The molecule has 0 bridgehead atoms. The van der Waals surface area contributed by atoms with Crippen molar-refractivity contribution in [1.82, 2.24) is 9.71 Å². The first-order valence-electron chi connectivity index (χ1n) is 6.35. The zero-order chi connectivity index (χ0) is 15.6. The molecule has 8 heteroatoms. The molecule has 0 saturated carbocycles. The summed E-state index contributed by atoms with van der Waals surface area (Å²) in [6.07, 6.45) is 1.25. The minimum Gasteiger partial charge on any atom is -0.466 e. The van der Waals surface area contributed by atoms with E-state index in [0.717, 1.165) is 11.3 Å². The number of pyridine rings is 1. The van der Waals surface area contributed by atoms with Crippen LogP contribution in [-0.4, -0.2) is 13.4 Å². The molecule has 4 N–H and O–H groups in total. The average Bonchev–Trinajstić information content (AvgIpc) is 2.77. The first kappa shape index (κ1) is 15.5. The highest BCUT2D eigenvalue weighted by Gasteiger charge is 2.21. The molecule has 114 valence electrons. The minimum absolute atomic E-state index is 0.0752. The van der Waals surface area contributed by atoms with E-state index < -0.39 is 16.1 Å². The topological polar surface area (TPSA) is 110 Å². The number of furan rings is 1. The molecular formula is C13H18N4O3S. The Bertz CT molecular complexity index is 722. The molecule has 0 aliphatic carbocycles. The number of nitrogens with zero attached hydrogens (tertiary/aromatic N) is 1. The molecule has 2 aromatic rings. The molecule has 2 aromatic heterocycles. The smallest absolute Gasteiger partial charge is 0.242 e. The van der Waals surface area contributed by atoms with Crippen molar-refractivity contribution in [3.8, 4) is 0 Å². The van der Waals surface area contributed by atoms with Gasteiger partial charge in [-0.05, 0) is 39.0 Å². The van der Waals surface area contributed by atoms with Gasteiger partial charge in [0.25, 0.3) is 0 Å². The number of aromatic nitrogens is 1. The Morgan fingerprint density at radius 1 is 1.33 bits per heavy atom. The molecule has 0 saturated heterocycles. The lowest BCUT2D eigenvalue weighted by atomic mass is 10.1. The Morgan fingerprint density at radius 3 is 2.52 bits per heavy atom. The van der Waals surface area contributed by atoms with Crippen LogP contribution in [0, 0.1) is 13.8 Å². The van der Waals surface area contributed by atoms with Crippen molar-refractivity contribution in [2.45, 2.75) is 31.7 Å². The molecule has 0 amide bonds. The van der Waals surface area contributed by atoms with Gasteiger partial charge in [0.1, 0.15) is 22.2 Å². The molecule has 1 atom stereocenters. The molecule has 0 aliphatic heterocycles. The van der Waals surface area contributed by atoms with E-state index >= 15 is 0 Å². The molecule has 0 aromatic carbocycles. The monoisotopic (exact) mass is 310 g/mol. The molecule has 0 aliphatic rings. The minimum atomic E-state index is -3.66. The quantitative estimate of drug-likeness (QED) is 0.571. The summed E-state index contributed by atoms with van der Waals surface area (Å²) >= 11 is 0. The van der Waals surface area contributed by atoms with Crippen molar-refractivity contribution in [3.63, 3.8) is 0 Å². The molecule has 7 nitrogen and oxygen atoms in total. The Labute approximate surface area is 123 Å². The third-order valence-electron chi connectivity index (χ3n) is 3.07. The van der Waals surface area contributed by atoms with Crippen molar-refractivity contribution in [3.05, 3.63) is 41.5 Å². The van der Waals surface area contributed by atoms with Crippen LogP contribution in [0.3, 0.4) is 0 Å². The van der Waals surface area contributed by atoms with Crippen LogP contribution in [0.25, 0.3) is 0 Å². The maximum atomic E-state index is 12.3. The number of rotatable bonds is 5. The van der Waals surface area contributed by atoms with Crippen LogP contribution in [0.2, 0.25) is 0 Å². The summed E-state index contributed by atoms with van der Waals surface area (Å²) in [7, 11) is -3.66. The second kappa shape index (κ2) is 5.84. The molecule has 0 radical (unpaired) electrons. The highest BCUT2D eigenvalue weighted by atomic mass is 32.2. The summed E-state index contributed by atoms with van der Waals surface area (Å²) in [6.45, 7) is 5.38. The number of nitrogens with two attached hydrogens (primary N) is 1. The number of hydrogen-bond donors (Lipinski definition) is 3. The van der Waals surface area contributed by atoms with Crippen LogP contribution in [0.1, 0.15) is 30.0 Å². The second-order valence-corrected chi connectivity index (χ2v) is 6.45. The summed E-state index contributed by atoms with van der Waals surface area (Å²) in [6, 6.07) is 4.35. The van der Waals surface area contributed by atoms with Gasteiger partial charge in [-0.1, -0.05) is 0 Å². The number of aryl methyl sites for hydroxylation is 2. The molecule has 0 spiro atoms. The highest BCUT2D eigenvalue weighted by molar-refractivity contribution is 7.89. The largest absolute Gasteiger partial charge is 0.466 e. The summed E-state index contributed by atoms with van der Waals surface area (Å²) in [5.74, 6) is 7.03. The maximum absolute atomic E-state index is 12.3. The number of hydrogen-bond acceptors (Lipinski definition) is 6. The number of sulfonamides is 1. The predicted octanol–water partition coefficient (Wildman–Crippen LogP) is 1.62. The van der Waals surface area contributed by atoms with Crippen LogP contribution in [0.5, 0.6) is 0 Å². The van der Waals surface area contributed by atoms with E-state index in [1.54, 1.807) is 13.8 Å². The Kier molecular flexibility index (Phi) is 4.31. The van der Waals surface area contributed by atoms with Crippen LogP contribution < -0.4 is 16.0 Å². The summed E-state index contributed by atoms with van der Waals surface area (Å²) in [5.41, 5.74) is 3.15. The number of nitrogen functional groups attached to an aromatic ring is 1. The van der Waals surface area contributed by atoms with Gasteiger partial charge in [0, 0.05) is 17.8 Å². The van der Waals surface area contributed by atoms with Crippen molar-refractivity contribution in [2.75, 3.05) is 5.43 Å². The second-order valence-electron chi connectivity index (χ2n) is 4.74. The SMILES string of the molecule is Cc1cc(C(C)NS(=O)(=O)c2ccc(NN)nc2)c(C)o1. The number of nitrogens with one attached hydrogen (secondary N) is 2. The van der Waals surface area contributed by atoms with Crippen LogP contribution in [0.15, 0.2) is 33.7 Å². The van der Waals surface area contributed by atoms with Gasteiger partial charge in [0.2, 0.25) is 10.0 Å². The number of hydrazine groups is 1. The molecular weight excluding hydrogens is 292 g/mol. The molecule has 0 fully saturated rings. The normalized spacial score (nSPS) is 13.1. The fourth-order valence-electron chi connectivity index (χ4n) is 2.07. The van der Waals surface area contributed by atoms with Crippen molar-refractivity contribution in [1.29, 1.82) is 0 Å². The van der Waals surface area contributed by atoms with E-state index in [4.69, 9.17) is 10.3 Å². The maximum Gasteiger partial charge on any atom is 0.242 e. The van der Waals surface area contributed by atoms with Gasteiger partial charge in [-0.3, -0.25) is 0 Å². The van der Waals surface area contributed by atoms with Gasteiger partial charge in [-0.15, -0.1) is 0 Å². The van der Waals surface area contributed by atoms with E-state index in [9.17, 15) is 8.42 Å². The fraction of sp³-hybridized carbons (Fsp3) is 0.308. The number of anilines is 1.